The van der Waals surface area contributed by atoms with Crippen molar-refractivity contribution in [3.63, 3.8) is 0 Å². The maximum atomic E-state index is 8.95. The highest BCUT2D eigenvalue weighted by Gasteiger charge is 2.40. The van der Waals surface area contributed by atoms with Gasteiger partial charge in [0.2, 0.25) is 0 Å². The number of rotatable bonds is 7. The van der Waals surface area contributed by atoms with Crippen LogP contribution < -0.4 is 0 Å². The average molecular weight is 238 g/mol. The Morgan fingerprint density at radius 3 is 2.65 bits per heavy atom. The van der Waals surface area contributed by atoms with Gasteiger partial charge in [0.05, 0.1) is 18.8 Å². The number of hydrogen-bond acceptors (Lipinski definition) is 4. The molecule has 0 aliphatic carbocycles. The van der Waals surface area contributed by atoms with E-state index in [9.17, 15) is 0 Å². The van der Waals surface area contributed by atoms with Crippen molar-refractivity contribution in [2.24, 2.45) is 0 Å². The van der Waals surface area contributed by atoms with Gasteiger partial charge in [0.15, 0.2) is 0 Å². The number of epoxide rings is 1. The predicted molar refractivity (Wildman–Crippen MR) is 62.5 cm³/mol. The Balaban J connectivity index is 1.94. The highest BCUT2D eigenvalue weighted by atomic mass is 16.7. The van der Waals surface area contributed by atoms with Gasteiger partial charge in [0, 0.05) is 13.5 Å². The van der Waals surface area contributed by atoms with Gasteiger partial charge in [-0.1, -0.05) is 30.3 Å². The summed E-state index contributed by atoms with van der Waals surface area (Å²) in [6.45, 7) is 0.340. The molecular formula is C13H18O4. The van der Waals surface area contributed by atoms with E-state index in [0.717, 1.165) is 12.0 Å². The summed E-state index contributed by atoms with van der Waals surface area (Å²) in [4.78, 5) is 0. The first-order valence-electron chi connectivity index (χ1n) is 5.77. The van der Waals surface area contributed by atoms with E-state index in [1.165, 1.54) is 0 Å². The molecule has 2 rings (SSSR count). The molecule has 0 radical (unpaired) electrons. The van der Waals surface area contributed by atoms with Crippen molar-refractivity contribution in [1.29, 1.82) is 0 Å². The monoisotopic (exact) mass is 238 g/mol. The normalized spacial score (nSPS) is 24.6. The molecule has 0 spiro atoms. The maximum Gasteiger partial charge on any atom is 0.147 e. The third kappa shape index (κ3) is 3.51. The van der Waals surface area contributed by atoms with Gasteiger partial charge in [-0.2, -0.15) is 0 Å². The zero-order chi connectivity index (χ0) is 12.1. The Bertz CT molecular complexity index is 327. The van der Waals surface area contributed by atoms with E-state index in [1.807, 2.05) is 30.3 Å². The largest absolute Gasteiger partial charge is 0.394 e. The molecule has 17 heavy (non-hydrogen) atoms. The van der Waals surface area contributed by atoms with Crippen molar-refractivity contribution in [1.82, 2.24) is 0 Å². The summed E-state index contributed by atoms with van der Waals surface area (Å²) in [5.74, 6) is 0. The second kappa shape index (κ2) is 6.12. The molecule has 94 valence electrons. The van der Waals surface area contributed by atoms with Crippen LogP contribution in [0.2, 0.25) is 0 Å². The molecular weight excluding hydrogens is 220 g/mol. The van der Waals surface area contributed by atoms with Gasteiger partial charge in [0.1, 0.15) is 12.9 Å². The molecule has 1 aliphatic heterocycles. The molecule has 1 N–H and O–H groups in total. The lowest BCUT2D eigenvalue weighted by molar-refractivity contribution is -0.0775. The molecule has 0 aromatic heterocycles. The van der Waals surface area contributed by atoms with Gasteiger partial charge in [-0.05, 0) is 5.56 Å². The van der Waals surface area contributed by atoms with E-state index in [0.29, 0.717) is 0 Å². The fraction of sp³-hybridized carbons (Fsp3) is 0.538. The summed E-state index contributed by atoms with van der Waals surface area (Å²) >= 11 is 0. The quantitative estimate of drug-likeness (QED) is 0.577. The van der Waals surface area contributed by atoms with E-state index < -0.39 is 0 Å². The lowest BCUT2D eigenvalue weighted by atomic mass is 10.0. The standard InChI is InChI=1S/C13H18O4/c1-15-9-16-11(7-12-13(8-14)17-12)10-5-3-2-4-6-10/h2-6,11-14H,7-9H2,1H3/t11-,12-,13-/m1/s1. The van der Waals surface area contributed by atoms with Gasteiger partial charge in [-0.25, -0.2) is 0 Å². The van der Waals surface area contributed by atoms with Crippen LogP contribution in [0.5, 0.6) is 0 Å². The molecule has 1 aromatic rings. The van der Waals surface area contributed by atoms with Gasteiger partial charge < -0.3 is 19.3 Å². The van der Waals surface area contributed by atoms with Crippen LogP contribution in [-0.2, 0) is 14.2 Å². The summed E-state index contributed by atoms with van der Waals surface area (Å²) in [6.07, 6.45) is 0.783. The number of aliphatic hydroxyl groups is 1. The van der Waals surface area contributed by atoms with Crippen LogP contribution in [-0.4, -0.2) is 37.8 Å². The molecule has 4 heteroatoms. The molecule has 0 saturated carbocycles. The lowest BCUT2D eigenvalue weighted by Crippen LogP contribution is -2.11. The highest BCUT2D eigenvalue weighted by Crippen LogP contribution is 2.33. The van der Waals surface area contributed by atoms with Crippen LogP contribution in [0.4, 0.5) is 0 Å². The SMILES string of the molecule is COCO[C@H](C[C@H]1O[C@@H]1CO)c1ccccc1. The third-order valence-corrected chi connectivity index (χ3v) is 2.87. The molecule has 1 saturated heterocycles. The zero-order valence-electron chi connectivity index (χ0n) is 9.91. The molecule has 4 nitrogen and oxygen atoms in total. The minimum Gasteiger partial charge on any atom is -0.394 e. The zero-order valence-corrected chi connectivity index (χ0v) is 9.91. The van der Waals surface area contributed by atoms with Gasteiger partial charge in [0.25, 0.3) is 0 Å². The van der Waals surface area contributed by atoms with E-state index in [1.54, 1.807) is 7.11 Å². The van der Waals surface area contributed by atoms with Crippen molar-refractivity contribution in [3.8, 4) is 0 Å². The number of benzene rings is 1. The van der Waals surface area contributed by atoms with Gasteiger partial charge in [-0.15, -0.1) is 0 Å². The molecule has 1 heterocycles. The van der Waals surface area contributed by atoms with Gasteiger partial charge >= 0.3 is 0 Å². The van der Waals surface area contributed by atoms with Crippen molar-refractivity contribution in [2.75, 3.05) is 20.5 Å². The third-order valence-electron chi connectivity index (χ3n) is 2.87. The van der Waals surface area contributed by atoms with Crippen LogP contribution in [0.25, 0.3) is 0 Å². The summed E-state index contributed by atoms with van der Waals surface area (Å²) < 4.78 is 15.9. The molecule has 0 bridgehead atoms. The number of aliphatic hydroxyl groups excluding tert-OH is 1. The second-order valence-electron chi connectivity index (χ2n) is 4.10. The van der Waals surface area contributed by atoms with E-state index in [-0.39, 0.29) is 31.7 Å². The number of hydrogen-bond donors (Lipinski definition) is 1. The minimum atomic E-state index is -0.0438. The Morgan fingerprint density at radius 2 is 2.06 bits per heavy atom. The van der Waals surface area contributed by atoms with Crippen molar-refractivity contribution in [2.45, 2.75) is 24.7 Å². The molecule has 0 amide bonds. The van der Waals surface area contributed by atoms with E-state index in [2.05, 4.69) is 0 Å². The Kier molecular flexibility index (Phi) is 4.50. The summed E-state index contributed by atoms with van der Waals surface area (Å²) in [6, 6.07) is 9.99. The fourth-order valence-corrected chi connectivity index (χ4v) is 1.88. The first-order chi connectivity index (χ1) is 8.35. The van der Waals surface area contributed by atoms with E-state index in [4.69, 9.17) is 19.3 Å². The summed E-state index contributed by atoms with van der Waals surface area (Å²) in [5, 5.41) is 8.95. The van der Waals surface area contributed by atoms with Gasteiger partial charge in [-0.3, -0.25) is 0 Å². The van der Waals surface area contributed by atoms with Crippen LogP contribution in [0.15, 0.2) is 30.3 Å². The Labute approximate surface area is 101 Å². The fourth-order valence-electron chi connectivity index (χ4n) is 1.88. The van der Waals surface area contributed by atoms with Crippen molar-refractivity contribution < 1.29 is 19.3 Å². The smallest absolute Gasteiger partial charge is 0.147 e. The van der Waals surface area contributed by atoms with Crippen LogP contribution >= 0.6 is 0 Å². The Hall–Kier alpha value is -0.940. The molecule has 1 fully saturated rings. The first-order valence-corrected chi connectivity index (χ1v) is 5.77. The van der Waals surface area contributed by atoms with Crippen LogP contribution in [0.1, 0.15) is 18.1 Å². The molecule has 1 aromatic carbocycles. The lowest BCUT2D eigenvalue weighted by Gasteiger charge is -2.16. The van der Waals surface area contributed by atoms with Crippen LogP contribution in [0, 0.1) is 0 Å². The summed E-state index contributed by atoms with van der Waals surface area (Å²) in [5.41, 5.74) is 1.11. The topological polar surface area (TPSA) is 51.2 Å². The summed E-state index contributed by atoms with van der Waals surface area (Å²) in [7, 11) is 1.60. The van der Waals surface area contributed by atoms with Crippen LogP contribution in [0.3, 0.4) is 0 Å². The molecule has 1 aliphatic rings. The molecule has 0 unspecified atom stereocenters. The first kappa shape index (κ1) is 12.5. The van der Waals surface area contributed by atoms with E-state index >= 15 is 0 Å². The van der Waals surface area contributed by atoms with Crippen molar-refractivity contribution >= 4 is 0 Å². The number of methoxy groups -OCH3 is 1. The minimum absolute atomic E-state index is 0.0210. The number of ether oxygens (including phenoxy) is 3. The maximum absolute atomic E-state index is 8.95. The predicted octanol–water partition coefficient (Wildman–Crippen LogP) is 1.50. The van der Waals surface area contributed by atoms with Crippen molar-refractivity contribution in [3.05, 3.63) is 35.9 Å². The highest BCUT2D eigenvalue weighted by molar-refractivity contribution is 5.18. The Morgan fingerprint density at radius 1 is 1.29 bits per heavy atom. The second-order valence-corrected chi connectivity index (χ2v) is 4.10. The molecule has 3 atom stereocenters. The average Bonchev–Trinajstić information content (AvgIpc) is 3.14.